The Morgan fingerprint density at radius 2 is 1.73 bits per heavy atom. The lowest BCUT2D eigenvalue weighted by atomic mass is 9.71. The number of nitrogens with zero attached hydrogens (tertiary/aromatic N) is 2. The van der Waals surface area contributed by atoms with E-state index < -0.39 is 0 Å². The van der Waals surface area contributed by atoms with Crippen LogP contribution in [0.15, 0.2) is 12.1 Å². The summed E-state index contributed by atoms with van der Waals surface area (Å²) in [6.07, 6.45) is 8.82. The van der Waals surface area contributed by atoms with Gasteiger partial charge in [-0.3, -0.25) is 0 Å². The molecule has 1 heterocycles. The summed E-state index contributed by atoms with van der Waals surface area (Å²) in [5.74, 6) is 2.55. The van der Waals surface area contributed by atoms with Gasteiger partial charge in [-0.25, -0.2) is 0 Å². The Bertz CT molecular complexity index is 443. The average Bonchev–Trinajstić information content (AvgIpc) is 2.44. The van der Waals surface area contributed by atoms with Crippen LogP contribution < -0.4 is 0 Å². The highest BCUT2D eigenvalue weighted by atomic mass is 15.1. The monoisotopic (exact) mass is 302 g/mol. The van der Waals surface area contributed by atoms with E-state index in [9.17, 15) is 0 Å². The quantitative estimate of drug-likeness (QED) is 0.637. The Kier molecular flexibility index (Phi) is 6.00. The van der Waals surface area contributed by atoms with E-state index in [0.717, 1.165) is 36.3 Å². The van der Waals surface area contributed by atoms with E-state index in [2.05, 4.69) is 56.9 Å². The van der Waals surface area contributed by atoms with Gasteiger partial charge in [0, 0.05) is 0 Å². The van der Waals surface area contributed by atoms with E-state index in [0.29, 0.717) is 5.41 Å². The van der Waals surface area contributed by atoms with Crippen molar-refractivity contribution in [3.63, 3.8) is 0 Å². The summed E-state index contributed by atoms with van der Waals surface area (Å²) in [6.45, 7) is 11.7. The molecule has 124 valence electrons. The van der Waals surface area contributed by atoms with Gasteiger partial charge in [-0.2, -0.15) is 10.2 Å². The lowest BCUT2D eigenvalue weighted by molar-refractivity contribution is 0.185. The van der Waals surface area contributed by atoms with Crippen molar-refractivity contribution in [3.8, 4) is 0 Å². The normalized spacial score (nSPS) is 23.1. The third kappa shape index (κ3) is 4.54. The van der Waals surface area contributed by atoms with Gasteiger partial charge in [0.1, 0.15) is 0 Å². The van der Waals surface area contributed by atoms with Gasteiger partial charge in [-0.15, -0.1) is 0 Å². The van der Waals surface area contributed by atoms with E-state index in [1.54, 1.807) is 0 Å². The minimum Gasteiger partial charge on any atom is -0.155 e. The molecule has 2 rings (SSSR count). The van der Waals surface area contributed by atoms with Crippen molar-refractivity contribution in [2.24, 2.45) is 23.2 Å². The van der Waals surface area contributed by atoms with Gasteiger partial charge >= 0.3 is 0 Å². The fourth-order valence-electron chi connectivity index (χ4n) is 3.72. The smallest absolute Gasteiger partial charge is 0.0636 e. The highest BCUT2D eigenvalue weighted by Gasteiger charge is 2.28. The second kappa shape index (κ2) is 7.57. The molecule has 0 N–H and O–H groups in total. The van der Waals surface area contributed by atoms with Gasteiger partial charge in [0.25, 0.3) is 0 Å². The highest BCUT2D eigenvalue weighted by molar-refractivity contribution is 5.10. The number of hydrogen-bond donors (Lipinski definition) is 0. The van der Waals surface area contributed by atoms with Crippen molar-refractivity contribution in [2.45, 2.75) is 79.6 Å². The van der Waals surface area contributed by atoms with Crippen LogP contribution in [-0.2, 0) is 12.8 Å². The molecule has 1 saturated carbocycles. The van der Waals surface area contributed by atoms with E-state index in [4.69, 9.17) is 0 Å². The van der Waals surface area contributed by atoms with E-state index >= 15 is 0 Å². The zero-order valence-corrected chi connectivity index (χ0v) is 15.2. The summed E-state index contributed by atoms with van der Waals surface area (Å²) in [5.41, 5.74) is 2.63. The Labute approximate surface area is 137 Å². The fourth-order valence-corrected chi connectivity index (χ4v) is 3.72. The maximum atomic E-state index is 4.51. The molecule has 0 aromatic carbocycles. The summed E-state index contributed by atoms with van der Waals surface area (Å²) in [6, 6.07) is 4.42. The standard InChI is InChI=1S/C20H34N2/c1-6-8-15(3)20(4,5)14-19-10-9-18(21-22-19)13-17-11-16(7-2)12-17/h9-10,15-17H,6-8,11-14H2,1-5H3. The molecule has 22 heavy (non-hydrogen) atoms. The SMILES string of the molecule is CCCC(C)C(C)(C)Cc1ccc(CC2CC(CC)C2)nn1. The molecule has 2 nitrogen and oxygen atoms in total. The van der Waals surface area contributed by atoms with Crippen LogP contribution in [0.4, 0.5) is 0 Å². The Balaban J connectivity index is 1.86. The summed E-state index contributed by atoms with van der Waals surface area (Å²) >= 11 is 0. The molecule has 0 amide bonds. The van der Waals surface area contributed by atoms with Gasteiger partial charge < -0.3 is 0 Å². The molecule has 1 aromatic heterocycles. The Morgan fingerprint density at radius 1 is 1.09 bits per heavy atom. The zero-order valence-electron chi connectivity index (χ0n) is 15.2. The van der Waals surface area contributed by atoms with Crippen molar-refractivity contribution >= 4 is 0 Å². The Morgan fingerprint density at radius 3 is 2.27 bits per heavy atom. The first-order chi connectivity index (χ1) is 10.4. The van der Waals surface area contributed by atoms with Crippen molar-refractivity contribution < 1.29 is 0 Å². The molecule has 1 unspecified atom stereocenters. The van der Waals surface area contributed by atoms with Crippen LogP contribution in [0.5, 0.6) is 0 Å². The molecule has 0 saturated heterocycles. The molecule has 1 aliphatic rings. The van der Waals surface area contributed by atoms with E-state index in [1.807, 2.05) is 0 Å². The lowest BCUT2D eigenvalue weighted by Gasteiger charge is -2.34. The molecule has 0 aliphatic heterocycles. The van der Waals surface area contributed by atoms with Crippen LogP contribution in [0.3, 0.4) is 0 Å². The van der Waals surface area contributed by atoms with Gasteiger partial charge in [0.05, 0.1) is 11.4 Å². The van der Waals surface area contributed by atoms with Crippen molar-refractivity contribution in [1.29, 1.82) is 0 Å². The summed E-state index contributed by atoms with van der Waals surface area (Å²) in [7, 11) is 0. The molecule has 0 radical (unpaired) electrons. The highest BCUT2D eigenvalue weighted by Crippen LogP contribution is 2.37. The van der Waals surface area contributed by atoms with Crippen LogP contribution in [0.1, 0.15) is 78.1 Å². The molecule has 1 atom stereocenters. The first-order valence-corrected chi connectivity index (χ1v) is 9.26. The molecular weight excluding hydrogens is 268 g/mol. The predicted octanol–water partition coefficient (Wildman–Crippen LogP) is 5.46. The third-order valence-electron chi connectivity index (χ3n) is 5.88. The second-order valence-corrected chi connectivity index (χ2v) is 8.19. The number of hydrogen-bond acceptors (Lipinski definition) is 2. The third-order valence-corrected chi connectivity index (χ3v) is 5.88. The van der Waals surface area contributed by atoms with Crippen LogP contribution >= 0.6 is 0 Å². The van der Waals surface area contributed by atoms with Crippen molar-refractivity contribution in [3.05, 3.63) is 23.5 Å². The minimum absolute atomic E-state index is 0.300. The van der Waals surface area contributed by atoms with Crippen LogP contribution in [0.25, 0.3) is 0 Å². The lowest BCUT2D eigenvalue weighted by Crippen LogP contribution is -2.26. The Hall–Kier alpha value is -0.920. The predicted molar refractivity (Wildman–Crippen MR) is 93.8 cm³/mol. The minimum atomic E-state index is 0.300. The van der Waals surface area contributed by atoms with E-state index in [-0.39, 0.29) is 0 Å². The summed E-state index contributed by atoms with van der Waals surface area (Å²) in [5, 5.41) is 9.00. The van der Waals surface area contributed by atoms with Crippen LogP contribution in [0, 0.1) is 23.2 Å². The van der Waals surface area contributed by atoms with Crippen LogP contribution in [-0.4, -0.2) is 10.2 Å². The average molecular weight is 303 g/mol. The molecule has 0 bridgehead atoms. The largest absolute Gasteiger partial charge is 0.155 e. The van der Waals surface area contributed by atoms with Gasteiger partial charge in [-0.05, 0) is 61.0 Å². The number of aromatic nitrogens is 2. The topological polar surface area (TPSA) is 25.8 Å². The molecule has 0 spiro atoms. The molecule has 1 aromatic rings. The number of rotatable bonds is 8. The fraction of sp³-hybridized carbons (Fsp3) is 0.800. The van der Waals surface area contributed by atoms with Crippen molar-refractivity contribution in [1.82, 2.24) is 10.2 Å². The summed E-state index contributed by atoms with van der Waals surface area (Å²) in [4.78, 5) is 0. The van der Waals surface area contributed by atoms with Crippen LogP contribution in [0.2, 0.25) is 0 Å². The molecule has 1 aliphatic carbocycles. The zero-order chi connectivity index (χ0) is 16.2. The first kappa shape index (κ1) is 17.4. The summed E-state index contributed by atoms with van der Waals surface area (Å²) < 4.78 is 0. The van der Waals surface area contributed by atoms with Gasteiger partial charge in [-0.1, -0.05) is 53.9 Å². The van der Waals surface area contributed by atoms with Gasteiger partial charge in [0.2, 0.25) is 0 Å². The second-order valence-electron chi connectivity index (χ2n) is 8.19. The maximum absolute atomic E-state index is 4.51. The van der Waals surface area contributed by atoms with E-state index in [1.165, 1.54) is 37.8 Å². The molecule has 2 heteroatoms. The van der Waals surface area contributed by atoms with Crippen molar-refractivity contribution in [2.75, 3.05) is 0 Å². The first-order valence-electron chi connectivity index (χ1n) is 9.26. The molecule has 1 fully saturated rings. The maximum Gasteiger partial charge on any atom is 0.0636 e. The molecular formula is C20H34N2. The van der Waals surface area contributed by atoms with Gasteiger partial charge in [0.15, 0.2) is 0 Å².